The van der Waals surface area contributed by atoms with Crippen LogP contribution in [0.15, 0.2) is 23.1 Å². The van der Waals surface area contributed by atoms with E-state index < -0.39 is 22.0 Å². The van der Waals surface area contributed by atoms with E-state index >= 15 is 0 Å². The van der Waals surface area contributed by atoms with E-state index in [-0.39, 0.29) is 27.3 Å². The predicted molar refractivity (Wildman–Crippen MR) is 77.7 cm³/mol. The van der Waals surface area contributed by atoms with Crippen LogP contribution in [-0.4, -0.2) is 25.5 Å². The van der Waals surface area contributed by atoms with Crippen LogP contribution in [0.4, 0.5) is 0 Å². The smallest absolute Gasteiger partial charge is 0.321 e. The fraction of sp³-hybridized carbons (Fsp3) is 0.417. The maximum absolute atomic E-state index is 12.2. The van der Waals surface area contributed by atoms with Crippen molar-refractivity contribution in [3.05, 3.63) is 28.2 Å². The molecule has 0 amide bonds. The molecular formula is C12H15Cl2NO4S. The fourth-order valence-corrected chi connectivity index (χ4v) is 3.57. The molecule has 0 fully saturated rings. The Kier molecular flexibility index (Phi) is 5.82. The van der Waals surface area contributed by atoms with Crippen LogP contribution in [0.2, 0.25) is 10.0 Å². The number of benzene rings is 1. The number of hydrogen-bond donors (Lipinski definition) is 2. The van der Waals surface area contributed by atoms with Crippen molar-refractivity contribution in [2.75, 3.05) is 0 Å². The largest absolute Gasteiger partial charge is 0.480 e. The van der Waals surface area contributed by atoms with Crippen LogP contribution in [0, 0.1) is 5.92 Å². The highest BCUT2D eigenvalue weighted by Gasteiger charge is 2.27. The Morgan fingerprint density at radius 1 is 1.35 bits per heavy atom. The normalized spacial score (nSPS) is 13.4. The number of aliphatic carboxylic acids is 1. The highest BCUT2D eigenvalue weighted by atomic mass is 35.5. The number of nitrogens with one attached hydrogen (secondary N) is 1. The van der Waals surface area contributed by atoms with Gasteiger partial charge in [0, 0.05) is 5.02 Å². The Labute approximate surface area is 127 Å². The van der Waals surface area contributed by atoms with Crippen LogP contribution in [0.5, 0.6) is 0 Å². The summed E-state index contributed by atoms with van der Waals surface area (Å²) in [4.78, 5) is 10.9. The molecule has 1 unspecified atom stereocenters. The molecule has 0 aromatic heterocycles. The fourth-order valence-electron chi connectivity index (χ4n) is 1.60. The highest BCUT2D eigenvalue weighted by Crippen LogP contribution is 2.25. The molecule has 0 aliphatic heterocycles. The van der Waals surface area contributed by atoms with Crippen molar-refractivity contribution in [3.8, 4) is 0 Å². The van der Waals surface area contributed by atoms with Gasteiger partial charge in [0.1, 0.15) is 10.9 Å². The number of sulfonamides is 1. The van der Waals surface area contributed by atoms with Crippen LogP contribution >= 0.6 is 23.2 Å². The van der Waals surface area contributed by atoms with Gasteiger partial charge in [0.05, 0.1) is 5.02 Å². The zero-order chi connectivity index (χ0) is 15.5. The summed E-state index contributed by atoms with van der Waals surface area (Å²) in [7, 11) is -4.05. The molecule has 0 saturated heterocycles. The first-order chi connectivity index (χ1) is 9.13. The van der Waals surface area contributed by atoms with Gasteiger partial charge in [-0.05, 0) is 30.5 Å². The van der Waals surface area contributed by atoms with Gasteiger partial charge in [-0.3, -0.25) is 4.79 Å². The highest BCUT2D eigenvalue weighted by molar-refractivity contribution is 7.89. The molecule has 0 spiro atoms. The van der Waals surface area contributed by atoms with E-state index in [2.05, 4.69) is 4.72 Å². The second kappa shape index (κ2) is 6.76. The number of rotatable bonds is 6. The summed E-state index contributed by atoms with van der Waals surface area (Å²) >= 11 is 11.6. The second-order valence-corrected chi connectivity index (χ2v) is 7.24. The minimum atomic E-state index is -4.05. The first kappa shape index (κ1) is 17.2. The van der Waals surface area contributed by atoms with Crippen molar-refractivity contribution >= 4 is 39.2 Å². The zero-order valence-electron chi connectivity index (χ0n) is 10.9. The molecular weight excluding hydrogens is 325 g/mol. The Bertz CT molecular complexity index is 601. The van der Waals surface area contributed by atoms with Crippen LogP contribution in [-0.2, 0) is 14.8 Å². The molecule has 1 atom stereocenters. The van der Waals surface area contributed by atoms with E-state index in [1.165, 1.54) is 18.2 Å². The van der Waals surface area contributed by atoms with Crippen molar-refractivity contribution in [1.82, 2.24) is 4.72 Å². The minimum absolute atomic E-state index is 0.0180. The average Bonchev–Trinajstić information content (AvgIpc) is 2.30. The van der Waals surface area contributed by atoms with Gasteiger partial charge >= 0.3 is 5.97 Å². The monoisotopic (exact) mass is 339 g/mol. The van der Waals surface area contributed by atoms with Crippen LogP contribution in [0.1, 0.15) is 20.3 Å². The van der Waals surface area contributed by atoms with Crippen LogP contribution in [0.25, 0.3) is 0 Å². The Balaban J connectivity index is 3.09. The molecule has 1 aromatic rings. The van der Waals surface area contributed by atoms with Gasteiger partial charge < -0.3 is 5.11 Å². The van der Waals surface area contributed by atoms with Crippen molar-refractivity contribution < 1.29 is 18.3 Å². The molecule has 2 N–H and O–H groups in total. The van der Waals surface area contributed by atoms with E-state index in [0.29, 0.717) is 0 Å². The molecule has 0 aliphatic rings. The predicted octanol–water partition coefficient (Wildman–Crippen LogP) is 2.77. The number of carboxylic acids is 1. The standard InChI is InChI=1S/C12H15Cl2NO4S/c1-7(2)5-10(12(16)17)15-20(18,19)11-6-8(13)3-4-9(11)14/h3-4,6-7,10,15H,5H2,1-2H3,(H,16,17). The lowest BCUT2D eigenvalue weighted by molar-refractivity contribution is -0.139. The Morgan fingerprint density at radius 2 is 1.95 bits per heavy atom. The molecule has 0 saturated carbocycles. The Hall–Kier alpha value is -0.820. The summed E-state index contributed by atoms with van der Waals surface area (Å²) < 4.78 is 26.5. The van der Waals surface area contributed by atoms with Gasteiger partial charge in [-0.15, -0.1) is 0 Å². The van der Waals surface area contributed by atoms with Crippen LogP contribution in [0.3, 0.4) is 0 Å². The summed E-state index contributed by atoms with van der Waals surface area (Å²) in [6.45, 7) is 3.60. The van der Waals surface area contributed by atoms with Gasteiger partial charge in [-0.2, -0.15) is 4.72 Å². The summed E-state index contributed by atoms with van der Waals surface area (Å²) in [5, 5.41) is 9.25. The Morgan fingerprint density at radius 3 is 2.45 bits per heavy atom. The quantitative estimate of drug-likeness (QED) is 0.834. The van der Waals surface area contributed by atoms with E-state index in [4.69, 9.17) is 28.3 Å². The first-order valence-electron chi connectivity index (χ1n) is 5.83. The van der Waals surface area contributed by atoms with Crippen molar-refractivity contribution in [2.45, 2.75) is 31.2 Å². The number of hydrogen-bond acceptors (Lipinski definition) is 3. The molecule has 0 radical (unpaired) electrons. The van der Waals surface area contributed by atoms with Gasteiger partial charge in [0.15, 0.2) is 0 Å². The molecule has 0 heterocycles. The van der Waals surface area contributed by atoms with Crippen molar-refractivity contribution in [2.24, 2.45) is 5.92 Å². The summed E-state index contributed by atoms with van der Waals surface area (Å²) in [5.74, 6) is -1.21. The third kappa shape index (κ3) is 4.63. The lowest BCUT2D eigenvalue weighted by Gasteiger charge is -2.17. The molecule has 0 bridgehead atoms. The van der Waals surface area contributed by atoms with E-state index in [0.717, 1.165) is 0 Å². The topological polar surface area (TPSA) is 83.5 Å². The maximum Gasteiger partial charge on any atom is 0.321 e. The van der Waals surface area contributed by atoms with Gasteiger partial charge in [0.2, 0.25) is 10.0 Å². The molecule has 112 valence electrons. The van der Waals surface area contributed by atoms with E-state index in [9.17, 15) is 13.2 Å². The lowest BCUT2D eigenvalue weighted by Crippen LogP contribution is -2.41. The van der Waals surface area contributed by atoms with Crippen LogP contribution < -0.4 is 4.72 Å². The lowest BCUT2D eigenvalue weighted by atomic mass is 10.1. The van der Waals surface area contributed by atoms with E-state index in [1.807, 2.05) is 0 Å². The molecule has 20 heavy (non-hydrogen) atoms. The summed E-state index contributed by atoms with van der Waals surface area (Å²) in [5.41, 5.74) is 0. The number of carboxylic acid groups (broad SMARTS) is 1. The first-order valence-corrected chi connectivity index (χ1v) is 8.07. The van der Waals surface area contributed by atoms with Gasteiger partial charge in [-0.25, -0.2) is 8.42 Å². The zero-order valence-corrected chi connectivity index (χ0v) is 13.3. The second-order valence-electron chi connectivity index (χ2n) is 4.72. The molecule has 1 rings (SSSR count). The molecule has 0 aliphatic carbocycles. The summed E-state index contributed by atoms with van der Waals surface area (Å²) in [6.07, 6.45) is 0.173. The van der Waals surface area contributed by atoms with Gasteiger partial charge in [0.25, 0.3) is 0 Å². The summed E-state index contributed by atoms with van der Waals surface area (Å²) in [6, 6.07) is 2.76. The third-order valence-electron chi connectivity index (χ3n) is 2.49. The number of halogens is 2. The van der Waals surface area contributed by atoms with Crippen molar-refractivity contribution in [1.29, 1.82) is 0 Å². The molecule has 8 heteroatoms. The SMILES string of the molecule is CC(C)CC(NS(=O)(=O)c1cc(Cl)ccc1Cl)C(=O)O. The molecule has 5 nitrogen and oxygen atoms in total. The average molecular weight is 340 g/mol. The van der Waals surface area contributed by atoms with Gasteiger partial charge in [-0.1, -0.05) is 37.0 Å². The van der Waals surface area contributed by atoms with E-state index in [1.54, 1.807) is 13.8 Å². The molecule has 1 aromatic carbocycles. The third-order valence-corrected chi connectivity index (χ3v) is 4.67. The number of carbonyl (C=O) groups is 1. The maximum atomic E-state index is 12.2. The minimum Gasteiger partial charge on any atom is -0.480 e. The van der Waals surface area contributed by atoms with Crippen molar-refractivity contribution in [3.63, 3.8) is 0 Å².